The predicted octanol–water partition coefficient (Wildman–Crippen LogP) is 2.76. The highest BCUT2D eigenvalue weighted by molar-refractivity contribution is 4.97. The van der Waals surface area contributed by atoms with Gasteiger partial charge in [-0.25, -0.2) is 0 Å². The van der Waals surface area contributed by atoms with E-state index in [4.69, 9.17) is 0 Å². The molecule has 1 heteroatoms. The lowest BCUT2D eigenvalue weighted by Gasteiger charge is -2.54. The van der Waals surface area contributed by atoms with Crippen LogP contribution in [-0.2, 0) is 0 Å². The Bertz CT molecular complexity index is 193. The number of likely N-dealkylation sites (tertiary alicyclic amines) is 1. The fourth-order valence-corrected chi connectivity index (χ4v) is 4.44. The summed E-state index contributed by atoms with van der Waals surface area (Å²) in [6, 6.07) is 0.843. The van der Waals surface area contributed by atoms with E-state index in [1.807, 2.05) is 0 Å². The van der Waals surface area contributed by atoms with Gasteiger partial charge in [-0.15, -0.1) is 0 Å². The van der Waals surface area contributed by atoms with Crippen LogP contribution in [0.1, 0.15) is 39.0 Å². The molecule has 1 saturated heterocycles. The van der Waals surface area contributed by atoms with E-state index >= 15 is 0 Å². The summed E-state index contributed by atoms with van der Waals surface area (Å²) in [5, 5.41) is 0. The van der Waals surface area contributed by atoms with Crippen LogP contribution < -0.4 is 0 Å². The van der Waals surface area contributed by atoms with Gasteiger partial charge in [0, 0.05) is 12.6 Å². The van der Waals surface area contributed by atoms with Gasteiger partial charge in [0.15, 0.2) is 0 Å². The molecule has 0 amide bonds. The van der Waals surface area contributed by atoms with Gasteiger partial charge in [0.1, 0.15) is 0 Å². The van der Waals surface area contributed by atoms with Crippen LogP contribution in [-0.4, -0.2) is 24.5 Å². The Labute approximate surface area is 87.9 Å². The lowest BCUT2D eigenvalue weighted by molar-refractivity contribution is -0.0463. The van der Waals surface area contributed by atoms with Crippen LogP contribution in [0.3, 0.4) is 0 Å². The summed E-state index contributed by atoms with van der Waals surface area (Å²) in [4.78, 5) is 2.60. The highest BCUT2D eigenvalue weighted by Crippen LogP contribution is 2.52. The first-order chi connectivity index (χ1) is 6.75. The molecule has 0 aromatic carbocycles. The maximum atomic E-state index is 2.60. The first kappa shape index (κ1) is 9.21. The molecule has 3 atom stereocenters. The Hall–Kier alpha value is -0.0400. The molecule has 0 radical (unpaired) electrons. The van der Waals surface area contributed by atoms with Crippen LogP contribution in [0, 0.1) is 23.7 Å². The molecule has 0 spiro atoms. The van der Waals surface area contributed by atoms with Crippen LogP contribution in [0.15, 0.2) is 0 Å². The summed E-state index contributed by atoms with van der Waals surface area (Å²) in [6.45, 7) is 3.81. The highest BCUT2D eigenvalue weighted by Gasteiger charge is 2.46. The van der Waals surface area contributed by atoms with Crippen molar-refractivity contribution in [2.45, 2.75) is 45.1 Å². The average molecular weight is 193 g/mol. The lowest BCUT2D eigenvalue weighted by atomic mass is 9.56. The van der Waals surface area contributed by atoms with Crippen molar-refractivity contribution in [2.75, 3.05) is 13.6 Å². The zero-order valence-electron chi connectivity index (χ0n) is 9.58. The van der Waals surface area contributed by atoms with E-state index in [1.165, 1.54) is 13.0 Å². The number of hydrogen-bond acceptors (Lipinski definition) is 1. The second-order valence-electron chi connectivity index (χ2n) is 6.03. The minimum Gasteiger partial charge on any atom is -0.303 e. The second kappa shape index (κ2) is 3.23. The Morgan fingerprint density at radius 1 is 0.929 bits per heavy atom. The van der Waals surface area contributed by atoms with Gasteiger partial charge in [-0.3, -0.25) is 0 Å². The van der Waals surface area contributed by atoms with E-state index in [2.05, 4.69) is 18.9 Å². The molecule has 4 fully saturated rings. The molecule has 0 N–H and O–H groups in total. The standard InChI is InChI=1S/C13H23N/c1-9-7-12-10-3-5-11(6-4-10)13(12)8-14(9)2/h9-13H,3-8H2,1-2H3. The molecule has 14 heavy (non-hydrogen) atoms. The molecule has 0 aromatic rings. The minimum absolute atomic E-state index is 0.843. The molecule has 3 saturated carbocycles. The molecule has 3 aliphatic carbocycles. The van der Waals surface area contributed by atoms with Gasteiger partial charge < -0.3 is 4.90 Å². The average Bonchev–Trinajstić information content (AvgIpc) is 2.22. The lowest BCUT2D eigenvalue weighted by Crippen LogP contribution is -2.52. The Morgan fingerprint density at radius 2 is 1.50 bits per heavy atom. The molecular formula is C13H23N. The highest BCUT2D eigenvalue weighted by atomic mass is 15.1. The molecular weight excluding hydrogens is 170 g/mol. The van der Waals surface area contributed by atoms with Crippen molar-refractivity contribution in [2.24, 2.45) is 23.7 Å². The third-order valence-corrected chi connectivity index (χ3v) is 5.44. The molecule has 0 aromatic heterocycles. The quantitative estimate of drug-likeness (QED) is 0.572. The molecule has 2 bridgehead atoms. The first-order valence-electron chi connectivity index (χ1n) is 6.46. The Morgan fingerprint density at radius 3 is 2.14 bits per heavy atom. The van der Waals surface area contributed by atoms with Crippen molar-refractivity contribution in [3.05, 3.63) is 0 Å². The number of piperidine rings is 1. The van der Waals surface area contributed by atoms with Crippen molar-refractivity contribution in [3.8, 4) is 0 Å². The van der Waals surface area contributed by atoms with Gasteiger partial charge in [0.2, 0.25) is 0 Å². The molecule has 80 valence electrons. The monoisotopic (exact) mass is 193 g/mol. The van der Waals surface area contributed by atoms with Crippen LogP contribution in [0.25, 0.3) is 0 Å². The van der Waals surface area contributed by atoms with Crippen molar-refractivity contribution in [1.82, 2.24) is 4.90 Å². The van der Waals surface area contributed by atoms with Crippen LogP contribution >= 0.6 is 0 Å². The van der Waals surface area contributed by atoms with E-state index in [1.54, 1.807) is 25.7 Å². The zero-order chi connectivity index (χ0) is 9.71. The summed E-state index contributed by atoms with van der Waals surface area (Å²) >= 11 is 0. The smallest absolute Gasteiger partial charge is 0.00668 e. The topological polar surface area (TPSA) is 3.24 Å². The van der Waals surface area contributed by atoms with Crippen LogP contribution in [0.4, 0.5) is 0 Å². The summed E-state index contributed by atoms with van der Waals surface area (Å²) in [5.41, 5.74) is 0. The third-order valence-electron chi connectivity index (χ3n) is 5.44. The molecule has 3 unspecified atom stereocenters. The van der Waals surface area contributed by atoms with Gasteiger partial charge in [-0.05, 0) is 69.7 Å². The van der Waals surface area contributed by atoms with Gasteiger partial charge in [0.05, 0.1) is 0 Å². The van der Waals surface area contributed by atoms with Gasteiger partial charge in [-0.1, -0.05) is 0 Å². The maximum absolute atomic E-state index is 2.60. The summed E-state index contributed by atoms with van der Waals surface area (Å²) in [6.07, 6.45) is 7.70. The van der Waals surface area contributed by atoms with E-state index in [9.17, 15) is 0 Å². The fourth-order valence-electron chi connectivity index (χ4n) is 4.44. The summed E-state index contributed by atoms with van der Waals surface area (Å²) in [7, 11) is 2.32. The van der Waals surface area contributed by atoms with E-state index in [-0.39, 0.29) is 0 Å². The van der Waals surface area contributed by atoms with Crippen molar-refractivity contribution < 1.29 is 0 Å². The normalized spacial score (nSPS) is 53.1. The predicted molar refractivity (Wildman–Crippen MR) is 59.1 cm³/mol. The van der Waals surface area contributed by atoms with E-state index < -0.39 is 0 Å². The summed E-state index contributed by atoms with van der Waals surface area (Å²) < 4.78 is 0. The molecule has 4 aliphatic rings. The maximum Gasteiger partial charge on any atom is 0.00668 e. The number of fused-ring (bicyclic) bond motifs is 2. The van der Waals surface area contributed by atoms with Crippen molar-refractivity contribution >= 4 is 0 Å². The van der Waals surface area contributed by atoms with Crippen LogP contribution in [0.5, 0.6) is 0 Å². The molecule has 4 rings (SSSR count). The van der Waals surface area contributed by atoms with Crippen LogP contribution in [0.2, 0.25) is 0 Å². The number of hydrogen-bond donors (Lipinski definition) is 0. The van der Waals surface area contributed by atoms with E-state index in [0.29, 0.717) is 0 Å². The molecule has 1 aliphatic heterocycles. The number of nitrogens with zero attached hydrogens (tertiary/aromatic N) is 1. The summed E-state index contributed by atoms with van der Waals surface area (Å²) in [5.74, 6) is 4.39. The van der Waals surface area contributed by atoms with Crippen molar-refractivity contribution in [3.63, 3.8) is 0 Å². The molecule has 1 nitrogen and oxygen atoms in total. The first-order valence-corrected chi connectivity index (χ1v) is 6.46. The SMILES string of the molecule is CC1CC2C3CCC(CC3)C2CN1C. The second-order valence-corrected chi connectivity index (χ2v) is 6.03. The van der Waals surface area contributed by atoms with E-state index in [0.717, 1.165) is 29.7 Å². The largest absolute Gasteiger partial charge is 0.303 e. The Balaban J connectivity index is 1.81. The number of rotatable bonds is 0. The van der Waals surface area contributed by atoms with Gasteiger partial charge >= 0.3 is 0 Å². The van der Waals surface area contributed by atoms with Gasteiger partial charge in [-0.2, -0.15) is 0 Å². The van der Waals surface area contributed by atoms with Crippen molar-refractivity contribution in [1.29, 1.82) is 0 Å². The zero-order valence-corrected chi connectivity index (χ0v) is 9.58. The Kier molecular flexibility index (Phi) is 2.12. The minimum atomic E-state index is 0.843. The fraction of sp³-hybridized carbons (Fsp3) is 1.00. The molecule has 1 heterocycles. The third kappa shape index (κ3) is 1.25. The van der Waals surface area contributed by atoms with Gasteiger partial charge in [0.25, 0.3) is 0 Å².